The third kappa shape index (κ3) is 3.30. The number of hydrogen-bond acceptors (Lipinski definition) is 6. The topological polar surface area (TPSA) is 89.6 Å². The van der Waals surface area contributed by atoms with Crippen molar-refractivity contribution in [2.45, 2.75) is 25.9 Å². The van der Waals surface area contributed by atoms with E-state index in [1.807, 2.05) is 37.3 Å². The first-order chi connectivity index (χ1) is 10.7. The average molecular weight is 300 g/mol. The number of aromatic nitrogens is 2. The van der Waals surface area contributed by atoms with Crippen molar-refractivity contribution >= 4 is 11.6 Å². The first-order valence-corrected chi connectivity index (χ1v) is 7.07. The van der Waals surface area contributed by atoms with Gasteiger partial charge in [-0.15, -0.1) is 0 Å². The van der Waals surface area contributed by atoms with Crippen LogP contribution in [-0.2, 0) is 16.1 Å². The maximum Gasteiger partial charge on any atom is 0.264 e. The molecule has 0 bridgehead atoms. The fourth-order valence-electron chi connectivity index (χ4n) is 2.10. The fourth-order valence-corrected chi connectivity index (χ4v) is 2.10. The van der Waals surface area contributed by atoms with Gasteiger partial charge in [0.1, 0.15) is 0 Å². The van der Waals surface area contributed by atoms with E-state index < -0.39 is 6.10 Å². The predicted octanol–water partition coefficient (Wildman–Crippen LogP) is 1.56. The van der Waals surface area contributed by atoms with E-state index >= 15 is 0 Å². The lowest BCUT2D eigenvalue weighted by molar-refractivity contribution is -0.131. The van der Waals surface area contributed by atoms with E-state index in [0.717, 1.165) is 11.3 Å². The van der Waals surface area contributed by atoms with E-state index in [1.54, 1.807) is 0 Å². The maximum atomic E-state index is 11.8. The third-order valence-corrected chi connectivity index (χ3v) is 3.25. The van der Waals surface area contributed by atoms with E-state index in [0.29, 0.717) is 31.1 Å². The van der Waals surface area contributed by atoms with Crippen molar-refractivity contribution in [2.24, 2.45) is 5.16 Å². The molecule has 0 spiro atoms. The van der Waals surface area contributed by atoms with Crippen LogP contribution in [-0.4, -0.2) is 34.4 Å². The highest BCUT2D eigenvalue weighted by atomic mass is 16.6. The number of carbonyl (C=O) groups excluding carboxylic acids is 1. The Labute approximate surface area is 127 Å². The summed E-state index contributed by atoms with van der Waals surface area (Å²) in [5, 5.41) is 10.4. The molecule has 0 radical (unpaired) electrons. The molecule has 0 saturated heterocycles. The molecular formula is C15H16N4O3. The van der Waals surface area contributed by atoms with E-state index in [2.05, 4.69) is 20.6 Å². The number of benzene rings is 1. The van der Waals surface area contributed by atoms with E-state index in [9.17, 15) is 4.79 Å². The zero-order chi connectivity index (χ0) is 15.4. The SMILES string of the molecule is CC1=NO[C@H](C(=O)NCCc2noc(-c3ccccc3)n2)C1. The number of amides is 1. The highest BCUT2D eigenvalue weighted by Crippen LogP contribution is 2.16. The maximum absolute atomic E-state index is 11.8. The Hall–Kier alpha value is -2.70. The molecule has 1 aliphatic rings. The van der Waals surface area contributed by atoms with Crippen LogP contribution >= 0.6 is 0 Å². The van der Waals surface area contributed by atoms with Crippen LogP contribution in [0.25, 0.3) is 11.5 Å². The minimum Gasteiger partial charge on any atom is -0.382 e. The minimum atomic E-state index is -0.523. The van der Waals surface area contributed by atoms with Crippen LogP contribution in [0.3, 0.4) is 0 Å². The van der Waals surface area contributed by atoms with Gasteiger partial charge in [-0.05, 0) is 19.1 Å². The molecule has 7 heteroatoms. The lowest BCUT2D eigenvalue weighted by atomic mass is 10.2. The second kappa shape index (κ2) is 6.38. The summed E-state index contributed by atoms with van der Waals surface area (Å²) in [5.74, 6) is 0.858. The molecule has 0 unspecified atom stereocenters. The predicted molar refractivity (Wildman–Crippen MR) is 79.0 cm³/mol. The number of nitrogens with one attached hydrogen (secondary N) is 1. The molecule has 2 aromatic rings. The Bertz CT molecular complexity index is 681. The average Bonchev–Trinajstić information content (AvgIpc) is 3.17. The van der Waals surface area contributed by atoms with Gasteiger partial charge in [-0.3, -0.25) is 4.79 Å². The molecule has 7 nitrogen and oxygen atoms in total. The first kappa shape index (κ1) is 14.2. The summed E-state index contributed by atoms with van der Waals surface area (Å²) in [5.41, 5.74) is 1.70. The van der Waals surface area contributed by atoms with E-state index in [4.69, 9.17) is 9.36 Å². The molecule has 2 heterocycles. The molecule has 1 atom stereocenters. The number of rotatable bonds is 5. The van der Waals surface area contributed by atoms with Gasteiger partial charge in [-0.2, -0.15) is 4.98 Å². The Kier molecular flexibility index (Phi) is 4.13. The lowest BCUT2D eigenvalue weighted by Crippen LogP contribution is -2.35. The molecule has 114 valence electrons. The minimum absolute atomic E-state index is 0.174. The van der Waals surface area contributed by atoms with Gasteiger partial charge in [0, 0.05) is 24.9 Å². The molecule has 0 aliphatic carbocycles. The van der Waals surface area contributed by atoms with Crippen LogP contribution in [0.5, 0.6) is 0 Å². The Balaban J connectivity index is 1.48. The summed E-state index contributed by atoms with van der Waals surface area (Å²) in [6.45, 7) is 2.25. The summed E-state index contributed by atoms with van der Waals surface area (Å²) in [7, 11) is 0. The quantitative estimate of drug-likeness (QED) is 0.905. The van der Waals surface area contributed by atoms with Gasteiger partial charge in [0.25, 0.3) is 11.8 Å². The van der Waals surface area contributed by atoms with Gasteiger partial charge in [0.2, 0.25) is 6.10 Å². The Morgan fingerprint density at radius 3 is 2.91 bits per heavy atom. The molecule has 1 aromatic heterocycles. The van der Waals surface area contributed by atoms with E-state index in [1.165, 1.54) is 0 Å². The zero-order valence-electron chi connectivity index (χ0n) is 12.2. The Morgan fingerprint density at radius 2 is 2.18 bits per heavy atom. The van der Waals surface area contributed by atoms with Crippen LogP contribution in [0.2, 0.25) is 0 Å². The summed E-state index contributed by atoms with van der Waals surface area (Å²) in [6, 6.07) is 9.54. The van der Waals surface area contributed by atoms with Crippen molar-refractivity contribution in [2.75, 3.05) is 6.54 Å². The second-order valence-electron chi connectivity index (χ2n) is 5.05. The summed E-state index contributed by atoms with van der Waals surface area (Å²) >= 11 is 0. The second-order valence-corrected chi connectivity index (χ2v) is 5.05. The fraction of sp³-hybridized carbons (Fsp3) is 0.333. The summed E-state index contributed by atoms with van der Waals surface area (Å²) < 4.78 is 5.21. The highest BCUT2D eigenvalue weighted by molar-refractivity contribution is 5.91. The molecule has 1 N–H and O–H groups in total. The van der Waals surface area contributed by atoms with Crippen molar-refractivity contribution in [3.05, 3.63) is 36.2 Å². The van der Waals surface area contributed by atoms with Crippen LogP contribution < -0.4 is 5.32 Å². The van der Waals surface area contributed by atoms with E-state index in [-0.39, 0.29) is 5.91 Å². The summed E-state index contributed by atoms with van der Waals surface area (Å²) in [4.78, 5) is 21.2. The number of nitrogens with zero attached hydrogens (tertiary/aromatic N) is 3. The van der Waals surface area contributed by atoms with Crippen LogP contribution in [0.4, 0.5) is 0 Å². The largest absolute Gasteiger partial charge is 0.382 e. The van der Waals surface area contributed by atoms with Gasteiger partial charge >= 0.3 is 0 Å². The zero-order valence-corrected chi connectivity index (χ0v) is 12.2. The molecule has 1 aromatic carbocycles. The van der Waals surface area contributed by atoms with Crippen molar-refractivity contribution in [3.8, 4) is 11.5 Å². The van der Waals surface area contributed by atoms with Gasteiger partial charge in [0.15, 0.2) is 5.82 Å². The molecular weight excluding hydrogens is 284 g/mol. The normalized spacial score (nSPS) is 17.0. The first-order valence-electron chi connectivity index (χ1n) is 7.07. The number of oxime groups is 1. The molecule has 22 heavy (non-hydrogen) atoms. The van der Waals surface area contributed by atoms with Crippen molar-refractivity contribution in [1.82, 2.24) is 15.5 Å². The van der Waals surface area contributed by atoms with Crippen LogP contribution in [0, 0.1) is 0 Å². The van der Waals surface area contributed by atoms with Gasteiger partial charge in [-0.25, -0.2) is 0 Å². The molecule has 0 saturated carbocycles. The van der Waals surface area contributed by atoms with Crippen LogP contribution in [0.1, 0.15) is 19.2 Å². The standard InChI is InChI=1S/C15H16N4O3/c1-10-9-12(21-18-10)14(20)16-8-7-13-17-15(22-19-13)11-5-3-2-4-6-11/h2-6,12H,7-9H2,1H3,(H,16,20)/t12-/m0/s1. The molecule has 0 fully saturated rings. The molecule has 1 aliphatic heterocycles. The summed E-state index contributed by atoms with van der Waals surface area (Å²) in [6.07, 6.45) is 0.506. The monoisotopic (exact) mass is 300 g/mol. The van der Waals surface area contributed by atoms with Gasteiger partial charge in [0.05, 0.1) is 5.71 Å². The van der Waals surface area contributed by atoms with Gasteiger partial charge < -0.3 is 14.7 Å². The number of carbonyl (C=O) groups is 1. The highest BCUT2D eigenvalue weighted by Gasteiger charge is 2.25. The number of hydrogen-bond donors (Lipinski definition) is 1. The van der Waals surface area contributed by atoms with Crippen molar-refractivity contribution in [1.29, 1.82) is 0 Å². The third-order valence-electron chi connectivity index (χ3n) is 3.25. The molecule has 3 rings (SSSR count). The smallest absolute Gasteiger partial charge is 0.264 e. The van der Waals surface area contributed by atoms with Crippen LogP contribution in [0.15, 0.2) is 40.0 Å². The van der Waals surface area contributed by atoms with Crippen molar-refractivity contribution < 1.29 is 14.2 Å². The lowest BCUT2D eigenvalue weighted by Gasteiger charge is -2.07. The molecule has 1 amide bonds. The van der Waals surface area contributed by atoms with Gasteiger partial charge in [-0.1, -0.05) is 28.5 Å². The Morgan fingerprint density at radius 1 is 1.36 bits per heavy atom. The van der Waals surface area contributed by atoms with Crippen molar-refractivity contribution in [3.63, 3.8) is 0 Å².